The summed E-state index contributed by atoms with van der Waals surface area (Å²) in [6, 6.07) is 0.460. The van der Waals surface area contributed by atoms with Crippen molar-refractivity contribution in [3.05, 3.63) is 11.1 Å². The summed E-state index contributed by atoms with van der Waals surface area (Å²) >= 11 is 1.57. The van der Waals surface area contributed by atoms with E-state index in [-0.39, 0.29) is 0 Å². The summed E-state index contributed by atoms with van der Waals surface area (Å²) in [6.45, 7) is 7.07. The summed E-state index contributed by atoms with van der Waals surface area (Å²) in [7, 11) is 0. The van der Waals surface area contributed by atoms with Crippen LogP contribution in [0.2, 0.25) is 0 Å². The summed E-state index contributed by atoms with van der Waals surface area (Å²) in [5.74, 6) is 0. The standard InChI is InChI=1S/C10H17N3OS/c1-7-8(2)14-4-3-13(7)6-9-5-12-10(11)15-9/h5,7-8H,3-4,6H2,1-2H3,(H2,11,12). The topological polar surface area (TPSA) is 51.4 Å². The van der Waals surface area contributed by atoms with Crippen LogP contribution in [-0.2, 0) is 11.3 Å². The van der Waals surface area contributed by atoms with Gasteiger partial charge in [-0.3, -0.25) is 4.90 Å². The monoisotopic (exact) mass is 227 g/mol. The molecule has 1 aromatic rings. The van der Waals surface area contributed by atoms with Crippen LogP contribution in [0.15, 0.2) is 6.20 Å². The first-order valence-electron chi connectivity index (χ1n) is 5.22. The average Bonchev–Trinajstić information content (AvgIpc) is 2.59. The third kappa shape index (κ3) is 2.48. The van der Waals surface area contributed by atoms with E-state index >= 15 is 0 Å². The van der Waals surface area contributed by atoms with Gasteiger partial charge < -0.3 is 10.5 Å². The Morgan fingerprint density at radius 1 is 1.67 bits per heavy atom. The van der Waals surface area contributed by atoms with Gasteiger partial charge in [0.05, 0.1) is 12.7 Å². The fourth-order valence-electron chi connectivity index (χ4n) is 1.81. The highest BCUT2D eigenvalue weighted by Gasteiger charge is 2.25. The lowest BCUT2D eigenvalue weighted by Crippen LogP contribution is -2.47. The largest absolute Gasteiger partial charge is 0.376 e. The van der Waals surface area contributed by atoms with Gasteiger partial charge in [-0.15, -0.1) is 11.3 Å². The highest BCUT2D eigenvalue weighted by atomic mass is 32.1. The van der Waals surface area contributed by atoms with E-state index in [9.17, 15) is 0 Å². The highest BCUT2D eigenvalue weighted by molar-refractivity contribution is 7.15. The third-order valence-corrected chi connectivity index (χ3v) is 3.76. The predicted molar refractivity (Wildman–Crippen MR) is 61.8 cm³/mol. The second-order valence-corrected chi connectivity index (χ2v) is 5.10. The van der Waals surface area contributed by atoms with Gasteiger partial charge >= 0.3 is 0 Å². The molecule has 1 fully saturated rings. The van der Waals surface area contributed by atoms with Crippen LogP contribution < -0.4 is 5.73 Å². The Kier molecular flexibility index (Phi) is 3.23. The zero-order valence-corrected chi connectivity index (χ0v) is 9.96. The maximum Gasteiger partial charge on any atom is 0.180 e. The molecule has 1 aliphatic heterocycles. The second-order valence-electron chi connectivity index (χ2n) is 3.95. The minimum atomic E-state index is 0.309. The summed E-state index contributed by atoms with van der Waals surface area (Å²) < 4.78 is 5.58. The molecule has 2 atom stereocenters. The van der Waals surface area contributed by atoms with E-state index in [1.54, 1.807) is 11.3 Å². The molecule has 0 aromatic carbocycles. The van der Waals surface area contributed by atoms with E-state index in [1.807, 2.05) is 6.20 Å². The number of hydrogen-bond acceptors (Lipinski definition) is 5. The Hall–Kier alpha value is -0.650. The zero-order valence-electron chi connectivity index (χ0n) is 9.14. The van der Waals surface area contributed by atoms with Crippen LogP contribution in [0.4, 0.5) is 5.13 Å². The Balaban J connectivity index is 1.99. The molecule has 0 bridgehead atoms. The van der Waals surface area contributed by atoms with Crippen LogP contribution in [0.5, 0.6) is 0 Å². The lowest BCUT2D eigenvalue weighted by atomic mass is 10.1. The Bertz CT molecular complexity index is 328. The van der Waals surface area contributed by atoms with Gasteiger partial charge in [-0.05, 0) is 13.8 Å². The fraction of sp³-hybridized carbons (Fsp3) is 0.700. The van der Waals surface area contributed by atoms with Gasteiger partial charge in [0.25, 0.3) is 0 Å². The number of morpholine rings is 1. The van der Waals surface area contributed by atoms with E-state index in [4.69, 9.17) is 10.5 Å². The van der Waals surface area contributed by atoms with Crippen LogP contribution in [0.1, 0.15) is 18.7 Å². The van der Waals surface area contributed by atoms with Crippen molar-refractivity contribution < 1.29 is 4.74 Å². The Labute approximate surface area is 94.1 Å². The molecule has 0 amide bonds. The quantitative estimate of drug-likeness (QED) is 0.828. The second kappa shape index (κ2) is 4.47. The molecule has 0 saturated carbocycles. The van der Waals surface area contributed by atoms with Gasteiger partial charge in [0.1, 0.15) is 0 Å². The van der Waals surface area contributed by atoms with Crippen molar-refractivity contribution in [1.29, 1.82) is 0 Å². The zero-order chi connectivity index (χ0) is 10.8. The van der Waals surface area contributed by atoms with Crippen molar-refractivity contribution in [2.45, 2.75) is 32.5 Å². The number of nitrogen functional groups attached to an aromatic ring is 1. The van der Waals surface area contributed by atoms with Crippen molar-refractivity contribution in [3.8, 4) is 0 Å². The molecule has 1 saturated heterocycles. The smallest absolute Gasteiger partial charge is 0.180 e. The SMILES string of the molecule is CC1OCCN(Cc2cnc(N)s2)C1C. The van der Waals surface area contributed by atoms with E-state index < -0.39 is 0 Å². The Morgan fingerprint density at radius 2 is 2.47 bits per heavy atom. The molecule has 0 spiro atoms. The first-order valence-corrected chi connectivity index (χ1v) is 6.04. The lowest BCUT2D eigenvalue weighted by Gasteiger charge is -2.37. The normalized spacial score (nSPS) is 28.1. The van der Waals surface area contributed by atoms with Crippen LogP contribution >= 0.6 is 11.3 Å². The van der Waals surface area contributed by atoms with Crippen molar-refractivity contribution in [2.24, 2.45) is 0 Å². The number of thiazole rings is 1. The molecule has 1 aromatic heterocycles. The van der Waals surface area contributed by atoms with E-state index in [0.717, 1.165) is 19.7 Å². The van der Waals surface area contributed by atoms with Crippen LogP contribution in [0, 0.1) is 0 Å². The Morgan fingerprint density at radius 3 is 3.13 bits per heavy atom. The molecule has 4 nitrogen and oxygen atoms in total. The average molecular weight is 227 g/mol. The summed E-state index contributed by atoms with van der Waals surface area (Å²) in [6.07, 6.45) is 2.18. The molecule has 84 valence electrons. The molecule has 2 heterocycles. The number of ether oxygens (including phenoxy) is 1. The number of aromatic nitrogens is 1. The molecule has 5 heteroatoms. The maximum absolute atomic E-state index is 5.61. The molecule has 0 radical (unpaired) electrons. The molecule has 0 aliphatic carbocycles. The van der Waals surface area contributed by atoms with Crippen molar-refractivity contribution in [3.63, 3.8) is 0 Å². The summed E-state index contributed by atoms with van der Waals surface area (Å²) in [4.78, 5) is 7.71. The van der Waals surface area contributed by atoms with Crippen LogP contribution in [0.25, 0.3) is 0 Å². The molecular formula is C10H17N3OS. The van der Waals surface area contributed by atoms with Gasteiger partial charge in [0.2, 0.25) is 0 Å². The lowest BCUT2D eigenvalue weighted by molar-refractivity contribution is -0.0581. The summed E-state index contributed by atoms with van der Waals surface area (Å²) in [5.41, 5.74) is 5.61. The van der Waals surface area contributed by atoms with Gasteiger partial charge in [-0.1, -0.05) is 0 Å². The van der Waals surface area contributed by atoms with Crippen molar-refractivity contribution in [1.82, 2.24) is 9.88 Å². The fourth-order valence-corrected chi connectivity index (χ4v) is 2.52. The number of hydrogen-bond donors (Lipinski definition) is 1. The molecular weight excluding hydrogens is 210 g/mol. The molecule has 2 unspecified atom stereocenters. The maximum atomic E-state index is 5.61. The third-order valence-electron chi connectivity index (χ3n) is 2.94. The van der Waals surface area contributed by atoms with Crippen LogP contribution in [-0.4, -0.2) is 35.2 Å². The van der Waals surface area contributed by atoms with E-state index in [1.165, 1.54) is 4.88 Å². The minimum absolute atomic E-state index is 0.309. The number of nitrogens with zero attached hydrogens (tertiary/aromatic N) is 2. The highest BCUT2D eigenvalue weighted by Crippen LogP contribution is 2.21. The van der Waals surface area contributed by atoms with Crippen molar-refractivity contribution in [2.75, 3.05) is 18.9 Å². The number of rotatable bonds is 2. The number of anilines is 1. The van der Waals surface area contributed by atoms with Crippen LogP contribution in [0.3, 0.4) is 0 Å². The van der Waals surface area contributed by atoms with E-state index in [0.29, 0.717) is 17.3 Å². The molecule has 15 heavy (non-hydrogen) atoms. The van der Waals surface area contributed by atoms with Gasteiger partial charge in [0.15, 0.2) is 5.13 Å². The molecule has 2 rings (SSSR count). The summed E-state index contributed by atoms with van der Waals surface area (Å²) in [5, 5.41) is 0.652. The van der Waals surface area contributed by atoms with Gasteiger partial charge in [0, 0.05) is 30.2 Å². The van der Waals surface area contributed by atoms with Gasteiger partial charge in [-0.2, -0.15) is 0 Å². The molecule has 1 aliphatic rings. The van der Waals surface area contributed by atoms with E-state index in [2.05, 4.69) is 23.7 Å². The molecule has 2 N–H and O–H groups in total. The first kappa shape index (κ1) is 10.9. The first-order chi connectivity index (χ1) is 7.16. The van der Waals surface area contributed by atoms with Gasteiger partial charge in [-0.25, -0.2) is 4.98 Å². The number of nitrogens with two attached hydrogens (primary N) is 1. The minimum Gasteiger partial charge on any atom is -0.376 e. The predicted octanol–water partition coefficient (Wildman–Crippen LogP) is 1.33. The van der Waals surface area contributed by atoms with Crippen molar-refractivity contribution >= 4 is 16.5 Å².